The van der Waals surface area contributed by atoms with Gasteiger partial charge in [-0.05, 0) is 25.2 Å². The number of para-hydroxylation sites is 1. The average molecular weight is 243 g/mol. The van der Waals surface area contributed by atoms with Crippen LogP contribution in [0.3, 0.4) is 0 Å². The van der Waals surface area contributed by atoms with Crippen molar-refractivity contribution >= 4 is 0 Å². The van der Waals surface area contributed by atoms with Crippen LogP contribution in [0.15, 0.2) is 47.1 Å². The minimum Gasteiger partial charge on any atom is -0.493 e. The topological polar surface area (TPSA) is 34.4 Å². The van der Waals surface area contributed by atoms with E-state index in [1.807, 2.05) is 31.3 Å². The van der Waals surface area contributed by atoms with E-state index >= 15 is 0 Å². The lowest BCUT2D eigenvalue weighted by molar-refractivity contribution is 0.297. The van der Waals surface area contributed by atoms with Gasteiger partial charge in [-0.1, -0.05) is 18.2 Å². The third kappa shape index (κ3) is 2.02. The predicted molar refractivity (Wildman–Crippen MR) is 69.9 cm³/mol. The van der Waals surface area contributed by atoms with Gasteiger partial charge in [-0.15, -0.1) is 0 Å². The summed E-state index contributed by atoms with van der Waals surface area (Å²) in [6, 6.07) is 12.6. The second-order valence-electron chi connectivity index (χ2n) is 4.63. The smallest absolute Gasteiger partial charge is 0.122 e. The monoisotopic (exact) mass is 243 g/mol. The number of furan rings is 1. The zero-order valence-corrected chi connectivity index (χ0v) is 10.4. The van der Waals surface area contributed by atoms with Crippen molar-refractivity contribution < 1.29 is 9.15 Å². The first kappa shape index (κ1) is 11.4. The van der Waals surface area contributed by atoms with Crippen molar-refractivity contribution in [3.8, 4) is 5.75 Å². The third-order valence-electron chi connectivity index (χ3n) is 3.59. The van der Waals surface area contributed by atoms with Gasteiger partial charge in [0.25, 0.3) is 0 Å². The first-order valence-corrected chi connectivity index (χ1v) is 6.30. The van der Waals surface area contributed by atoms with E-state index in [1.165, 1.54) is 5.56 Å². The molecule has 18 heavy (non-hydrogen) atoms. The maximum Gasteiger partial charge on any atom is 0.122 e. The van der Waals surface area contributed by atoms with Crippen LogP contribution >= 0.6 is 0 Å². The van der Waals surface area contributed by atoms with Crippen LogP contribution < -0.4 is 10.1 Å². The van der Waals surface area contributed by atoms with Crippen LogP contribution in [0, 0.1) is 0 Å². The average Bonchev–Trinajstić information content (AvgIpc) is 3.05. The molecular formula is C15H17NO2. The number of fused-ring (bicyclic) bond motifs is 1. The van der Waals surface area contributed by atoms with E-state index in [4.69, 9.17) is 9.15 Å². The Morgan fingerprint density at radius 3 is 2.94 bits per heavy atom. The summed E-state index contributed by atoms with van der Waals surface area (Å²) < 4.78 is 11.2. The molecule has 2 atom stereocenters. The second kappa shape index (κ2) is 4.86. The molecule has 94 valence electrons. The molecule has 0 fully saturated rings. The summed E-state index contributed by atoms with van der Waals surface area (Å²) in [7, 11) is 1.99. The lowest BCUT2D eigenvalue weighted by Crippen LogP contribution is -2.34. The molecule has 0 saturated carbocycles. The minimum atomic E-state index is 0.333. The first-order valence-electron chi connectivity index (χ1n) is 6.30. The Bertz CT molecular complexity index is 507. The highest BCUT2D eigenvalue weighted by Gasteiger charge is 2.30. The molecule has 1 aromatic heterocycles. The quantitative estimate of drug-likeness (QED) is 0.896. The number of nitrogens with one attached hydrogen (secondary N) is 1. The lowest BCUT2D eigenvalue weighted by Gasteiger charge is -2.21. The predicted octanol–water partition coefficient (Wildman–Crippen LogP) is 2.59. The molecule has 1 N–H and O–H groups in total. The molecule has 3 rings (SSSR count). The van der Waals surface area contributed by atoms with Gasteiger partial charge in [0.2, 0.25) is 0 Å². The fraction of sp³-hybridized carbons (Fsp3) is 0.333. The fourth-order valence-corrected chi connectivity index (χ4v) is 2.61. The summed E-state index contributed by atoms with van der Waals surface area (Å²) >= 11 is 0. The molecule has 1 aliphatic heterocycles. The van der Waals surface area contributed by atoms with Crippen molar-refractivity contribution in [2.24, 2.45) is 0 Å². The van der Waals surface area contributed by atoms with Gasteiger partial charge >= 0.3 is 0 Å². The molecule has 2 heterocycles. The van der Waals surface area contributed by atoms with Gasteiger partial charge in [0, 0.05) is 23.9 Å². The minimum absolute atomic E-state index is 0.333. The van der Waals surface area contributed by atoms with Crippen LogP contribution in [0.4, 0.5) is 0 Å². The van der Waals surface area contributed by atoms with Crippen LogP contribution in [0.1, 0.15) is 17.2 Å². The second-order valence-corrected chi connectivity index (χ2v) is 4.63. The highest BCUT2D eigenvalue weighted by molar-refractivity contribution is 5.40. The van der Waals surface area contributed by atoms with Gasteiger partial charge < -0.3 is 14.5 Å². The van der Waals surface area contributed by atoms with Gasteiger partial charge in [-0.3, -0.25) is 0 Å². The molecule has 1 aliphatic rings. The molecule has 2 unspecified atom stereocenters. The highest BCUT2D eigenvalue weighted by atomic mass is 16.5. The highest BCUT2D eigenvalue weighted by Crippen LogP contribution is 2.36. The molecule has 0 spiro atoms. The van der Waals surface area contributed by atoms with E-state index in [1.54, 1.807) is 6.26 Å². The number of rotatable bonds is 4. The van der Waals surface area contributed by atoms with Gasteiger partial charge in [0.15, 0.2) is 0 Å². The van der Waals surface area contributed by atoms with Crippen LogP contribution in [-0.4, -0.2) is 19.7 Å². The summed E-state index contributed by atoms with van der Waals surface area (Å²) in [5.41, 5.74) is 1.29. The van der Waals surface area contributed by atoms with E-state index in [9.17, 15) is 0 Å². The molecule has 0 radical (unpaired) electrons. The van der Waals surface area contributed by atoms with E-state index in [2.05, 4.69) is 17.4 Å². The van der Waals surface area contributed by atoms with E-state index in [-0.39, 0.29) is 0 Å². The van der Waals surface area contributed by atoms with Gasteiger partial charge in [0.1, 0.15) is 11.5 Å². The Hall–Kier alpha value is -1.74. The van der Waals surface area contributed by atoms with Gasteiger partial charge in [-0.25, -0.2) is 0 Å². The molecule has 3 heteroatoms. The maximum absolute atomic E-state index is 5.74. The van der Waals surface area contributed by atoms with Crippen LogP contribution in [0.25, 0.3) is 0 Å². The van der Waals surface area contributed by atoms with Gasteiger partial charge in [-0.2, -0.15) is 0 Å². The fourth-order valence-electron chi connectivity index (χ4n) is 2.61. The number of hydrogen-bond acceptors (Lipinski definition) is 3. The lowest BCUT2D eigenvalue weighted by atomic mass is 9.91. The third-order valence-corrected chi connectivity index (χ3v) is 3.59. The summed E-state index contributed by atoms with van der Waals surface area (Å²) in [5.74, 6) is 2.41. The standard InChI is InChI=1S/C15H17NO2/c1-16-14(9-11-5-4-8-17-11)13-10-18-15-7-3-2-6-12(13)15/h2-8,13-14,16H,9-10H2,1H3. The zero-order valence-electron chi connectivity index (χ0n) is 10.4. The summed E-state index contributed by atoms with van der Waals surface area (Å²) in [5, 5.41) is 3.38. The summed E-state index contributed by atoms with van der Waals surface area (Å²) in [4.78, 5) is 0. The molecule has 2 aromatic rings. The molecule has 1 aromatic carbocycles. The van der Waals surface area contributed by atoms with Crippen LogP contribution in [0.2, 0.25) is 0 Å². The van der Waals surface area contributed by atoms with E-state index < -0.39 is 0 Å². The molecule has 0 bridgehead atoms. The summed E-state index contributed by atoms with van der Waals surface area (Å²) in [6.45, 7) is 0.742. The Kier molecular flexibility index (Phi) is 3.07. The van der Waals surface area contributed by atoms with Gasteiger partial charge in [0.05, 0.1) is 12.9 Å². The molecule has 0 aliphatic carbocycles. The van der Waals surface area contributed by atoms with Crippen molar-refractivity contribution in [3.63, 3.8) is 0 Å². The maximum atomic E-state index is 5.74. The van der Waals surface area contributed by atoms with Crippen molar-refractivity contribution in [1.82, 2.24) is 5.32 Å². The largest absolute Gasteiger partial charge is 0.493 e. The van der Waals surface area contributed by atoms with Crippen LogP contribution in [-0.2, 0) is 6.42 Å². The molecule has 0 amide bonds. The van der Waals surface area contributed by atoms with E-state index in [0.717, 1.165) is 24.5 Å². The Labute approximate surface area is 107 Å². The summed E-state index contributed by atoms with van der Waals surface area (Å²) in [6.07, 6.45) is 2.60. The van der Waals surface area contributed by atoms with Crippen molar-refractivity contribution in [1.29, 1.82) is 0 Å². The number of likely N-dealkylation sites (N-methyl/N-ethyl adjacent to an activating group) is 1. The molecule has 3 nitrogen and oxygen atoms in total. The Balaban J connectivity index is 1.81. The number of hydrogen-bond donors (Lipinski definition) is 1. The van der Waals surface area contributed by atoms with Crippen molar-refractivity contribution in [2.45, 2.75) is 18.4 Å². The first-order chi connectivity index (χ1) is 8.88. The SMILES string of the molecule is CNC(Cc1ccco1)C1COc2ccccc21. The normalized spacial score (nSPS) is 19.3. The number of benzene rings is 1. The Morgan fingerprint density at radius 2 is 2.17 bits per heavy atom. The Morgan fingerprint density at radius 1 is 1.28 bits per heavy atom. The van der Waals surface area contributed by atoms with E-state index in [0.29, 0.717) is 12.0 Å². The molecule has 0 saturated heterocycles. The zero-order chi connectivity index (χ0) is 12.4. The van der Waals surface area contributed by atoms with Crippen molar-refractivity contribution in [3.05, 3.63) is 54.0 Å². The van der Waals surface area contributed by atoms with Crippen LogP contribution in [0.5, 0.6) is 5.75 Å². The molecular weight excluding hydrogens is 226 g/mol. The van der Waals surface area contributed by atoms with Crippen molar-refractivity contribution in [2.75, 3.05) is 13.7 Å². The number of ether oxygens (including phenoxy) is 1.